The van der Waals surface area contributed by atoms with E-state index in [0.717, 1.165) is 5.76 Å². The van der Waals surface area contributed by atoms with Gasteiger partial charge in [-0.05, 0) is 19.1 Å². The maximum absolute atomic E-state index is 5.91. The minimum absolute atomic E-state index is 0.0182. The van der Waals surface area contributed by atoms with E-state index in [4.69, 9.17) is 10.2 Å². The Hall–Kier alpha value is -1.55. The first kappa shape index (κ1) is 9.02. The monoisotopic (exact) mass is 191 g/mol. The molecule has 0 aliphatic heterocycles. The molecule has 0 aliphatic carbocycles. The van der Waals surface area contributed by atoms with E-state index in [1.165, 1.54) is 0 Å². The summed E-state index contributed by atoms with van der Waals surface area (Å²) in [5.74, 6) is 0.859. The zero-order valence-electron chi connectivity index (χ0n) is 8.00. The van der Waals surface area contributed by atoms with Crippen LogP contribution in [0.1, 0.15) is 18.7 Å². The van der Waals surface area contributed by atoms with Gasteiger partial charge >= 0.3 is 0 Å². The summed E-state index contributed by atoms with van der Waals surface area (Å²) in [7, 11) is 0. The molecule has 2 unspecified atom stereocenters. The molecule has 0 radical (unpaired) electrons. The molecule has 0 fully saturated rings. The van der Waals surface area contributed by atoms with Crippen LogP contribution in [0.3, 0.4) is 0 Å². The maximum Gasteiger partial charge on any atom is 0.128 e. The summed E-state index contributed by atoms with van der Waals surface area (Å²) < 4.78 is 7.30. The third kappa shape index (κ3) is 1.56. The second kappa shape index (κ2) is 3.67. The Labute approximate surface area is 82.4 Å². The van der Waals surface area contributed by atoms with E-state index in [-0.39, 0.29) is 12.1 Å². The molecule has 4 nitrogen and oxygen atoms in total. The molecule has 0 amide bonds. The van der Waals surface area contributed by atoms with Gasteiger partial charge in [-0.15, -0.1) is 0 Å². The first-order valence-corrected chi connectivity index (χ1v) is 4.55. The molecule has 0 bridgehead atoms. The second-order valence-corrected chi connectivity index (χ2v) is 3.33. The van der Waals surface area contributed by atoms with E-state index >= 15 is 0 Å². The minimum Gasteiger partial charge on any atom is -0.467 e. The van der Waals surface area contributed by atoms with Crippen LogP contribution in [0, 0.1) is 0 Å². The second-order valence-electron chi connectivity index (χ2n) is 3.33. The number of furan rings is 1. The van der Waals surface area contributed by atoms with E-state index in [1.54, 1.807) is 18.8 Å². The van der Waals surface area contributed by atoms with Gasteiger partial charge in [-0.2, -0.15) is 0 Å². The highest BCUT2D eigenvalue weighted by atomic mass is 16.3. The third-order valence-electron chi connectivity index (χ3n) is 2.18. The van der Waals surface area contributed by atoms with Crippen molar-refractivity contribution in [1.82, 2.24) is 9.55 Å². The summed E-state index contributed by atoms with van der Waals surface area (Å²) in [5.41, 5.74) is 5.91. The van der Waals surface area contributed by atoms with Gasteiger partial charge in [0.05, 0.1) is 12.6 Å². The lowest BCUT2D eigenvalue weighted by molar-refractivity contribution is 0.390. The normalized spacial score (nSPS) is 15.3. The fourth-order valence-corrected chi connectivity index (χ4v) is 1.57. The maximum atomic E-state index is 5.91. The van der Waals surface area contributed by atoms with Crippen molar-refractivity contribution >= 4 is 0 Å². The summed E-state index contributed by atoms with van der Waals surface area (Å²) in [4.78, 5) is 4.00. The number of nitrogens with two attached hydrogens (primary N) is 1. The Balaban J connectivity index is 2.35. The van der Waals surface area contributed by atoms with Crippen molar-refractivity contribution in [3.8, 4) is 0 Å². The van der Waals surface area contributed by atoms with Crippen molar-refractivity contribution in [1.29, 1.82) is 0 Å². The lowest BCUT2D eigenvalue weighted by Gasteiger charge is -2.19. The molecule has 2 heterocycles. The highest BCUT2D eigenvalue weighted by Crippen LogP contribution is 2.20. The molecule has 2 N–H and O–H groups in total. The lowest BCUT2D eigenvalue weighted by Crippen LogP contribution is -2.29. The molecule has 2 aromatic rings. The van der Waals surface area contributed by atoms with E-state index in [2.05, 4.69) is 4.98 Å². The molecule has 2 atom stereocenters. The Morgan fingerprint density at radius 2 is 2.43 bits per heavy atom. The summed E-state index contributed by atoms with van der Waals surface area (Å²) in [6, 6.07) is 3.79. The van der Waals surface area contributed by atoms with E-state index < -0.39 is 0 Å². The average Bonchev–Trinajstić information content (AvgIpc) is 2.75. The van der Waals surface area contributed by atoms with Crippen molar-refractivity contribution < 1.29 is 4.42 Å². The predicted molar refractivity (Wildman–Crippen MR) is 52.7 cm³/mol. The number of rotatable bonds is 3. The summed E-state index contributed by atoms with van der Waals surface area (Å²) in [5, 5.41) is 0. The van der Waals surface area contributed by atoms with Gasteiger partial charge < -0.3 is 14.7 Å². The molecule has 2 aromatic heterocycles. The van der Waals surface area contributed by atoms with Gasteiger partial charge in [0, 0.05) is 18.4 Å². The molecule has 0 saturated carbocycles. The average molecular weight is 191 g/mol. The van der Waals surface area contributed by atoms with Crippen molar-refractivity contribution in [2.75, 3.05) is 0 Å². The third-order valence-corrected chi connectivity index (χ3v) is 2.18. The quantitative estimate of drug-likeness (QED) is 0.798. The largest absolute Gasteiger partial charge is 0.467 e. The molecule has 4 heteroatoms. The van der Waals surface area contributed by atoms with Crippen LogP contribution in [0.15, 0.2) is 41.5 Å². The van der Waals surface area contributed by atoms with E-state index in [9.17, 15) is 0 Å². The SMILES string of the molecule is CC(N)C(c1ccco1)n1ccnc1. The highest BCUT2D eigenvalue weighted by molar-refractivity contribution is 5.09. The Morgan fingerprint density at radius 3 is 2.93 bits per heavy atom. The van der Waals surface area contributed by atoms with Gasteiger partial charge in [-0.3, -0.25) is 0 Å². The van der Waals surface area contributed by atoms with Crippen LogP contribution in [-0.4, -0.2) is 15.6 Å². The smallest absolute Gasteiger partial charge is 0.128 e. The van der Waals surface area contributed by atoms with E-state index in [0.29, 0.717) is 0 Å². The van der Waals surface area contributed by atoms with Gasteiger partial charge in [-0.1, -0.05) is 0 Å². The van der Waals surface area contributed by atoms with Gasteiger partial charge in [0.15, 0.2) is 0 Å². The Morgan fingerprint density at radius 1 is 1.57 bits per heavy atom. The fraction of sp³-hybridized carbons (Fsp3) is 0.300. The zero-order chi connectivity index (χ0) is 9.97. The van der Waals surface area contributed by atoms with Crippen molar-refractivity contribution in [3.05, 3.63) is 42.9 Å². The molecule has 2 rings (SSSR count). The minimum atomic E-state index is -0.0182. The Kier molecular flexibility index (Phi) is 2.37. The number of aromatic nitrogens is 2. The molecular formula is C10H13N3O. The molecular weight excluding hydrogens is 178 g/mol. The molecule has 0 spiro atoms. The van der Waals surface area contributed by atoms with Crippen LogP contribution in [0.4, 0.5) is 0 Å². The zero-order valence-corrected chi connectivity index (χ0v) is 8.00. The number of nitrogens with zero attached hydrogens (tertiary/aromatic N) is 2. The number of hydrogen-bond donors (Lipinski definition) is 1. The van der Waals surface area contributed by atoms with Gasteiger partial charge in [0.1, 0.15) is 11.8 Å². The van der Waals surface area contributed by atoms with Crippen LogP contribution < -0.4 is 5.73 Å². The first-order chi connectivity index (χ1) is 6.79. The van der Waals surface area contributed by atoms with Crippen molar-refractivity contribution in [2.24, 2.45) is 5.73 Å². The van der Waals surface area contributed by atoms with E-state index in [1.807, 2.05) is 29.8 Å². The Bertz CT molecular complexity index is 330. The molecule has 14 heavy (non-hydrogen) atoms. The molecule has 0 aliphatic rings. The van der Waals surface area contributed by atoms with Crippen LogP contribution in [0.25, 0.3) is 0 Å². The topological polar surface area (TPSA) is 57.0 Å². The van der Waals surface area contributed by atoms with Crippen LogP contribution in [0.5, 0.6) is 0 Å². The summed E-state index contributed by atoms with van der Waals surface area (Å²) >= 11 is 0. The predicted octanol–water partition coefficient (Wildman–Crippen LogP) is 1.41. The fourth-order valence-electron chi connectivity index (χ4n) is 1.57. The van der Waals surface area contributed by atoms with Crippen molar-refractivity contribution in [2.45, 2.75) is 19.0 Å². The highest BCUT2D eigenvalue weighted by Gasteiger charge is 2.19. The van der Waals surface area contributed by atoms with Gasteiger partial charge in [0.25, 0.3) is 0 Å². The molecule has 0 aromatic carbocycles. The molecule has 74 valence electrons. The van der Waals surface area contributed by atoms with Gasteiger partial charge in [-0.25, -0.2) is 4.98 Å². The van der Waals surface area contributed by atoms with Crippen LogP contribution >= 0.6 is 0 Å². The number of hydrogen-bond acceptors (Lipinski definition) is 3. The summed E-state index contributed by atoms with van der Waals surface area (Å²) in [6.45, 7) is 1.95. The lowest BCUT2D eigenvalue weighted by atomic mass is 10.1. The van der Waals surface area contributed by atoms with Crippen LogP contribution in [0.2, 0.25) is 0 Å². The standard InChI is InChI=1S/C10H13N3O/c1-8(11)10(9-3-2-6-14-9)13-5-4-12-7-13/h2-8,10H,11H2,1H3. The van der Waals surface area contributed by atoms with Gasteiger partial charge in [0.2, 0.25) is 0 Å². The van der Waals surface area contributed by atoms with Crippen molar-refractivity contribution in [3.63, 3.8) is 0 Å². The molecule has 0 saturated heterocycles. The number of imidazole rings is 1. The summed E-state index contributed by atoms with van der Waals surface area (Å²) in [6.07, 6.45) is 7.02. The van der Waals surface area contributed by atoms with Crippen LogP contribution in [-0.2, 0) is 0 Å². The first-order valence-electron chi connectivity index (χ1n) is 4.55.